The number of rotatable bonds is 6. The maximum Gasteiger partial charge on any atom is 0.313 e. The van der Waals surface area contributed by atoms with Crippen LogP contribution in [0.25, 0.3) is 0 Å². The lowest BCUT2D eigenvalue weighted by Crippen LogP contribution is -2.46. The molecule has 0 bridgehead atoms. The van der Waals surface area contributed by atoms with Gasteiger partial charge in [-0.3, -0.25) is 4.79 Å². The Morgan fingerprint density at radius 2 is 2.03 bits per heavy atom. The van der Waals surface area contributed by atoms with Gasteiger partial charge in [-0.2, -0.15) is 9.78 Å². The van der Waals surface area contributed by atoms with Crippen LogP contribution >= 0.6 is 15.9 Å². The molecular formula is C21H26BrN3O6. The molecule has 9 nitrogen and oxygen atoms in total. The molecule has 3 heterocycles. The van der Waals surface area contributed by atoms with E-state index in [1.807, 2.05) is 12.1 Å². The summed E-state index contributed by atoms with van der Waals surface area (Å²) in [7, 11) is 3.17. The molecule has 2 aromatic rings. The number of halogens is 1. The zero-order valence-electron chi connectivity index (χ0n) is 17.5. The number of benzene rings is 1. The molecule has 0 aliphatic carbocycles. The minimum absolute atomic E-state index is 0.00484. The minimum atomic E-state index is -0.880. The van der Waals surface area contributed by atoms with Gasteiger partial charge in [-0.1, -0.05) is 15.9 Å². The number of ether oxygens (including phenoxy) is 4. The Labute approximate surface area is 188 Å². The number of hydrogen-bond acceptors (Lipinski definition) is 8. The van der Waals surface area contributed by atoms with Crippen LogP contribution in [0.4, 0.5) is 5.69 Å². The van der Waals surface area contributed by atoms with E-state index in [1.54, 1.807) is 25.3 Å². The van der Waals surface area contributed by atoms with Crippen LogP contribution in [-0.2, 0) is 11.2 Å². The van der Waals surface area contributed by atoms with E-state index in [2.05, 4.69) is 21.0 Å². The molecule has 0 spiro atoms. The van der Waals surface area contributed by atoms with Crippen LogP contribution in [0.15, 0.2) is 27.6 Å². The van der Waals surface area contributed by atoms with Crippen molar-refractivity contribution in [1.82, 2.24) is 9.78 Å². The van der Waals surface area contributed by atoms with Gasteiger partial charge >= 0.3 is 5.56 Å². The fraction of sp³-hybridized carbons (Fsp3) is 0.524. The Morgan fingerprint density at radius 3 is 2.74 bits per heavy atom. The molecule has 2 aliphatic heterocycles. The van der Waals surface area contributed by atoms with E-state index in [0.717, 1.165) is 29.3 Å². The highest BCUT2D eigenvalue weighted by Gasteiger charge is 2.31. The number of aliphatic hydroxyl groups is 1. The van der Waals surface area contributed by atoms with Crippen LogP contribution in [-0.4, -0.2) is 55.1 Å². The van der Waals surface area contributed by atoms with Gasteiger partial charge < -0.3 is 29.0 Å². The lowest BCUT2D eigenvalue weighted by atomic mass is 10.1. The summed E-state index contributed by atoms with van der Waals surface area (Å²) in [5, 5.41) is 14.9. The summed E-state index contributed by atoms with van der Waals surface area (Å²) in [6.45, 7) is 1.07. The van der Waals surface area contributed by atoms with Crippen molar-refractivity contribution in [2.75, 3.05) is 38.9 Å². The first-order valence-electron chi connectivity index (χ1n) is 10.2. The van der Waals surface area contributed by atoms with E-state index in [0.29, 0.717) is 36.8 Å². The summed E-state index contributed by atoms with van der Waals surface area (Å²) in [6.07, 6.45) is 3.62. The first-order valence-corrected chi connectivity index (χ1v) is 11.0. The number of aliphatic hydroxyl groups excluding tert-OH is 1. The molecular weight excluding hydrogens is 470 g/mol. The van der Waals surface area contributed by atoms with Gasteiger partial charge in [0.15, 0.2) is 24.0 Å². The van der Waals surface area contributed by atoms with Crippen LogP contribution in [0.5, 0.6) is 17.2 Å². The molecule has 10 heteroatoms. The van der Waals surface area contributed by atoms with E-state index in [9.17, 15) is 9.90 Å². The fourth-order valence-electron chi connectivity index (χ4n) is 3.91. The second-order valence-electron chi connectivity index (χ2n) is 7.46. The fourth-order valence-corrected chi connectivity index (χ4v) is 4.43. The number of anilines is 1. The van der Waals surface area contributed by atoms with Crippen molar-refractivity contribution in [2.24, 2.45) is 0 Å². The van der Waals surface area contributed by atoms with Crippen LogP contribution < -0.4 is 24.7 Å². The Balaban J connectivity index is 1.58. The van der Waals surface area contributed by atoms with Crippen LogP contribution in [0.3, 0.4) is 0 Å². The zero-order valence-corrected chi connectivity index (χ0v) is 19.1. The molecule has 0 radical (unpaired) electrons. The number of fused-ring (bicyclic) bond motifs is 1. The van der Waals surface area contributed by atoms with E-state index in [1.165, 1.54) is 4.68 Å². The monoisotopic (exact) mass is 495 g/mol. The van der Waals surface area contributed by atoms with Gasteiger partial charge in [0.1, 0.15) is 12.3 Å². The first-order chi connectivity index (χ1) is 15.0. The predicted molar refractivity (Wildman–Crippen MR) is 117 cm³/mol. The topological polar surface area (TPSA) is 95.3 Å². The van der Waals surface area contributed by atoms with Gasteiger partial charge in [-0.05, 0) is 43.4 Å². The lowest BCUT2D eigenvalue weighted by Gasteiger charge is -2.35. The number of methoxy groups -OCH3 is 2. The zero-order chi connectivity index (χ0) is 22.0. The third-order valence-electron chi connectivity index (χ3n) is 5.59. The van der Waals surface area contributed by atoms with Crippen LogP contribution in [0.2, 0.25) is 0 Å². The molecule has 1 aromatic carbocycles. The Morgan fingerprint density at radius 1 is 1.26 bits per heavy atom. The molecule has 31 heavy (non-hydrogen) atoms. The molecule has 0 saturated carbocycles. The van der Waals surface area contributed by atoms with Crippen LogP contribution in [0, 0.1) is 0 Å². The number of nitrogens with zero attached hydrogens (tertiary/aromatic N) is 3. The SMILES string of the molecule is COc1cc(Br)c(CCN2c3cnn(C4CCCCO4)c(=O)c3OCC2O)cc1OC. The highest BCUT2D eigenvalue weighted by Crippen LogP contribution is 2.35. The van der Waals surface area contributed by atoms with Crippen molar-refractivity contribution < 1.29 is 24.1 Å². The molecule has 1 N–H and O–H groups in total. The van der Waals surface area contributed by atoms with E-state index in [-0.39, 0.29) is 24.1 Å². The highest BCUT2D eigenvalue weighted by atomic mass is 79.9. The maximum atomic E-state index is 13.0. The van der Waals surface area contributed by atoms with Crippen molar-refractivity contribution in [3.05, 3.63) is 38.7 Å². The number of aromatic nitrogens is 2. The summed E-state index contributed by atoms with van der Waals surface area (Å²) in [4.78, 5) is 14.7. The van der Waals surface area contributed by atoms with Gasteiger partial charge in [0, 0.05) is 17.6 Å². The Kier molecular flexibility index (Phi) is 6.68. The van der Waals surface area contributed by atoms with Gasteiger partial charge in [-0.15, -0.1) is 0 Å². The molecule has 1 fully saturated rings. The number of hydrogen-bond donors (Lipinski definition) is 1. The largest absolute Gasteiger partial charge is 0.493 e. The Bertz CT molecular complexity index is 992. The normalized spacial score (nSPS) is 20.7. The van der Waals surface area contributed by atoms with Crippen molar-refractivity contribution >= 4 is 21.6 Å². The van der Waals surface area contributed by atoms with Gasteiger partial charge in [0.05, 0.1) is 20.4 Å². The standard InChI is InChI=1S/C21H26BrN3O6/c1-28-16-9-13(14(22)10-17(16)29-2)6-7-24-15-11-23-25(19-5-3-4-8-30-19)21(27)20(15)31-12-18(24)26/h9-11,18-19,26H,3-8,12H2,1-2H3. The van der Waals surface area contributed by atoms with Gasteiger partial charge in [-0.25, -0.2) is 0 Å². The Hall–Kier alpha value is -2.30. The average molecular weight is 496 g/mol. The summed E-state index contributed by atoms with van der Waals surface area (Å²) >= 11 is 3.57. The average Bonchev–Trinajstić information content (AvgIpc) is 2.79. The quantitative estimate of drug-likeness (QED) is 0.652. The van der Waals surface area contributed by atoms with Crippen molar-refractivity contribution in [3.63, 3.8) is 0 Å². The maximum absolute atomic E-state index is 13.0. The summed E-state index contributed by atoms with van der Waals surface area (Å²) in [5.41, 5.74) is 1.12. The minimum Gasteiger partial charge on any atom is -0.493 e. The smallest absolute Gasteiger partial charge is 0.313 e. The third-order valence-corrected chi connectivity index (χ3v) is 6.33. The lowest BCUT2D eigenvalue weighted by molar-refractivity contribution is -0.0433. The summed E-state index contributed by atoms with van der Waals surface area (Å²) in [5.74, 6) is 1.45. The van der Waals surface area contributed by atoms with E-state index in [4.69, 9.17) is 18.9 Å². The molecule has 1 aromatic heterocycles. The first kappa shape index (κ1) is 21.9. The molecule has 2 unspecified atom stereocenters. The second-order valence-corrected chi connectivity index (χ2v) is 8.32. The molecule has 2 atom stereocenters. The molecule has 4 rings (SSSR count). The highest BCUT2D eigenvalue weighted by molar-refractivity contribution is 9.10. The van der Waals surface area contributed by atoms with Gasteiger partial charge in [0.25, 0.3) is 0 Å². The third kappa shape index (κ3) is 4.37. The molecule has 0 amide bonds. The molecule has 1 saturated heterocycles. The van der Waals surface area contributed by atoms with E-state index < -0.39 is 6.23 Å². The molecule has 2 aliphatic rings. The van der Waals surface area contributed by atoms with Crippen molar-refractivity contribution in [2.45, 2.75) is 38.1 Å². The predicted octanol–water partition coefficient (Wildman–Crippen LogP) is 2.48. The van der Waals surface area contributed by atoms with Gasteiger partial charge in [0.2, 0.25) is 5.75 Å². The van der Waals surface area contributed by atoms with Crippen LogP contribution in [0.1, 0.15) is 31.1 Å². The van der Waals surface area contributed by atoms with E-state index >= 15 is 0 Å². The van der Waals surface area contributed by atoms with Crippen molar-refractivity contribution in [1.29, 1.82) is 0 Å². The molecule has 168 valence electrons. The second kappa shape index (κ2) is 9.46. The summed E-state index contributed by atoms with van der Waals surface area (Å²) < 4.78 is 24.2. The summed E-state index contributed by atoms with van der Waals surface area (Å²) in [6, 6.07) is 3.75. The van der Waals surface area contributed by atoms with Crippen molar-refractivity contribution in [3.8, 4) is 17.2 Å².